The van der Waals surface area contributed by atoms with Crippen LogP contribution in [0.1, 0.15) is 45.6 Å². The molecule has 0 spiro atoms. The van der Waals surface area contributed by atoms with Gasteiger partial charge in [-0.25, -0.2) is 9.18 Å². The molecule has 0 aliphatic carbocycles. The lowest BCUT2D eigenvalue weighted by atomic mass is 9.87. The van der Waals surface area contributed by atoms with E-state index in [4.69, 9.17) is 9.47 Å². The second kappa shape index (κ2) is 8.57. The van der Waals surface area contributed by atoms with Gasteiger partial charge in [0.15, 0.2) is 0 Å². The minimum absolute atomic E-state index is 0.130. The number of hydrogen-bond acceptors (Lipinski definition) is 4. The second-order valence-corrected chi connectivity index (χ2v) is 8.52. The van der Waals surface area contributed by atoms with Gasteiger partial charge in [-0.05, 0) is 57.7 Å². The normalized spacial score (nSPS) is 26.2. The van der Waals surface area contributed by atoms with Crippen LogP contribution in [0.4, 0.5) is 9.18 Å². The van der Waals surface area contributed by atoms with Crippen LogP contribution in [-0.2, 0) is 16.0 Å². The maximum absolute atomic E-state index is 13.1. The van der Waals surface area contributed by atoms with Crippen LogP contribution in [0.2, 0.25) is 0 Å². The number of nitrogens with zero attached hydrogens (tertiary/aromatic N) is 1. The summed E-state index contributed by atoms with van der Waals surface area (Å²) in [7, 11) is 0. The van der Waals surface area contributed by atoms with Gasteiger partial charge in [0.1, 0.15) is 11.4 Å². The first-order valence-corrected chi connectivity index (χ1v) is 9.89. The van der Waals surface area contributed by atoms with Gasteiger partial charge in [-0.3, -0.25) is 0 Å². The van der Waals surface area contributed by atoms with Crippen molar-refractivity contribution in [2.24, 2.45) is 5.92 Å². The molecule has 0 saturated carbocycles. The van der Waals surface area contributed by atoms with Crippen LogP contribution in [0.5, 0.6) is 0 Å². The van der Waals surface area contributed by atoms with Gasteiger partial charge >= 0.3 is 6.09 Å². The summed E-state index contributed by atoms with van der Waals surface area (Å²) in [5.41, 5.74) is 0.560. The predicted molar refractivity (Wildman–Crippen MR) is 102 cm³/mol. The lowest BCUT2D eigenvalue weighted by Crippen LogP contribution is -2.53. The van der Waals surface area contributed by atoms with E-state index in [9.17, 15) is 9.18 Å². The molecule has 27 heavy (non-hydrogen) atoms. The van der Waals surface area contributed by atoms with Crippen molar-refractivity contribution in [1.82, 2.24) is 10.2 Å². The molecular formula is C21H31FN2O3. The average molecular weight is 378 g/mol. The first-order chi connectivity index (χ1) is 12.8. The highest BCUT2D eigenvalue weighted by atomic mass is 19.1. The van der Waals surface area contributed by atoms with Gasteiger partial charge in [-0.15, -0.1) is 0 Å². The Hall–Kier alpha value is -1.66. The minimum Gasteiger partial charge on any atom is -0.444 e. The molecule has 0 unspecified atom stereocenters. The summed E-state index contributed by atoms with van der Waals surface area (Å²) in [6, 6.07) is 6.97. The smallest absolute Gasteiger partial charge is 0.410 e. The van der Waals surface area contributed by atoms with Crippen LogP contribution in [0.25, 0.3) is 0 Å². The van der Waals surface area contributed by atoms with Crippen molar-refractivity contribution >= 4 is 6.09 Å². The first kappa shape index (κ1) is 20.1. The molecule has 3 atom stereocenters. The molecule has 1 N–H and O–H groups in total. The van der Waals surface area contributed by atoms with Crippen LogP contribution >= 0.6 is 0 Å². The van der Waals surface area contributed by atoms with Crippen LogP contribution < -0.4 is 5.32 Å². The van der Waals surface area contributed by atoms with Gasteiger partial charge in [0.25, 0.3) is 0 Å². The highest BCUT2D eigenvalue weighted by Gasteiger charge is 2.41. The summed E-state index contributed by atoms with van der Waals surface area (Å²) in [6.45, 7) is 8.47. The second-order valence-electron chi connectivity index (χ2n) is 8.52. The zero-order chi connectivity index (χ0) is 19.4. The molecule has 2 aliphatic heterocycles. The van der Waals surface area contributed by atoms with E-state index in [0.29, 0.717) is 13.2 Å². The van der Waals surface area contributed by atoms with Crippen molar-refractivity contribution in [2.75, 3.05) is 19.8 Å². The van der Waals surface area contributed by atoms with Gasteiger partial charge in [0.05, 0.1) is 6.61 Å². The molecule has 0 bridgehead atoms. The number of hydrogen-bond donors (Lipinski definition) is 1. The number of carbonyl (C=O) groups excluding carboxylic acids is 1. The third-order valence-electron chi connectivity index (χ3n) is 5.30. The molecular weight excluding hydrogens is 347 g/mol. The molecule has 3 rings (SSSR count). The topological polar surface area (TPSA) is 50.8 Å². The maximum Gasteiger partial charge on any atom is 0.410 e. The number of halogens is 1. The van der Waals surface area contributed by atoms with E-state index < -0.39 is 5.60 Å². The van der Waals surface area contributed by atoms with Crippen LogP contribution in [-0.4, -0.2) is 48.4 Å². The number of likely N-dealkylation sites (tertiary alicyclic amines) is 1. The summed E-state index contributed by atoms with van der Waals surface area (Å²) < 4.78 is 24.5. The van der Waals surface area contributed by atoms with Crippen LogP contribution in [0, 0.1) is 11.7 Å². The summed E-state index contributed by atoms with van der Waals surface area (Å²) in [4.78, 5) is 14.5. The van der Waals surface area contributed by atoms with E-state index in [2.05, 4.69) is 5.32 Å². The first-order valence-electron chi connectivity index (χ1n) is 9.89. The third-order valence-corrected chi connectivity index (χ3v) is 5.30. The quantitative estimate of drug-likeness (QED) is 0.868. The predicted octanol–water partition coefficient (Wildman–Crippen LogP) is 3.72. The number of benzene rings is 1. The zero-order valence-electron chi connectivity index (χ0n) is 16.5. The third kappa shape index (κ3) is 5.42. The van der Waals surface area contributed by atoms with Crippen molar-refractivity contribution in [3.8, 4) is 0 Å². The Bertz CT molecular complexity index is 629. The van der Waals surface area contributed by atoms with Crippen molar-refractivity contribution in [3.63, 3.8) is 0 Å². The average Bonchev–Trinajstić information content (AvgIpc) is 3.10. The largest absolute Gasteiger partial charge is 0.444 e. The molecule has 2 aliphatic rings. The Balaban J connectivity index is 1.64. The SMILES string of the molecule is CC(C)(C)OC(=O)N1CCC[C@@H]1[C@H]1COCC[C@H]1NCc1ccc(F)cc1. The van der Waals surface area contributed by atoms with E-state index in [0.717, 1.165) is 38.0 Å². The van der Waals surface area contributed by atoms with Gasteiger partial charge in [-0.1, -0.05) is 12.1 Å². The number of rotatable bonds is 4. The van der Waals surface area contributed by atoms with E-state index >= 15 is 0 Å². The van der Waals surface area contributed by atoms with Gasteiger partial charge in [-0.2, -0.15) is 0 Å². The fraction of sp³-hybridized carbons (Fsp3) is 0.667. The Kier molecular flexibility index (Phi) is 6.37. The van der Waals surface area contributed by atoms with Crippen molar-refractivity contribution < 1.29 is 18.7 Å². The Morgan fingerprint density at radius 2 is 2.04 bits per heavy atom. The van der Waals surface area contributed by atoms with E-state index in [1.807, 2.05) is 25.7 Å². The summed E-state index contributed by atoms with van der Waals surface area (Å²) in [5.74, 6) is 0.0101. The molecule has 0 radical (unpaired) electrons. The number of ether oxygens (including phenoxy) is 2. The minimum atomic E-state index is -0.493. The molecule has 2 fully saturated rings. The summed E-state index contributed by atoms with van der Waals surface area (Å²) in [6.07, 6.45) is 2.64. The van der Waals surface area contributed by atoms with Crippen LogP contribution in [0.3, 0.4) is 0 Å². The fourth-order valence-electron chi connectivity index (χ4n) is 4.03. The lowest BCUT2D eigenvalue weighted by Gasteiger charge is -2.40. The molecule has 6 heteroatoms. The van der Waals surface area contributed by atoms with Gasteiger partial charge < -0.3 is 19.7 Å². The highest BCUT2D eigenvalue weighted by Crippen LogP contribution is 2.31. The van der Waals surface area contributed by atoms with E-state index in [1.165, 1.54) is 12.1 Å². The van der Waals surface area contributed by atoms with E-state index in [1.54, 1.807) is 12.1 Å². The molecule has 2 saturated heterocycles. The molecule has 150 valence electrons. The summed E-state index contributed by atoms with van der Waals surface area (Å²) >= 11 is 0. The lowest BCUT2D eigenvalue weighted by molar-refractivity contribution is -0.0168. The van der Waals surface area contributed by atoms with Crippen molar-refractivity contribution in [2.45, 2.75) is 64.3 Å². The van der Waals surface area contributed by atoms with Crippen molar-refractivity contribution in [1.29, 1.82) is 0 Å². The van der Waals surface area contributed by atoms with Crippen molar-refractivity contribution in [3.05, 3.63) is 35.6 Å². The fourth-order valence-corrected chi connectivity index (χ4v) is 4.03. The molecule has 0 aromatic heterocycles. The number of amides is 1. The Morgan fingerprint density at radius 3 is 2.74 bits per heavy atom. The highest BCUT2D eigenvalue weighted by molar-refractivity contribution is 5.69. The van der Waals surface area contributed by atoms with E-state index in [-0.39, 0.29) is 29.9 Å². The van der Waals surface area contributed by atoms with Crippen LogP contribution in [0.15, 0.2) is 24.3 Å². The maximum atomic E-state index is 13.1. The zero-order valence-corrected chi connectivity index (χ0v) is 16.5. The molecule has 2 heterocycles. The van der Waals surface area contributed by atoms with Gasteiger partial charge in [0, 0.05) is 37.7 Å². The number of nitrogens with one attached hydrogen (secondary N) is 1. The molecule has 1 aromatic rings. The molecule has 1 aromatic carbocycles. The molecule has 1 amide bonds. The molecule has 5 nitrogen and oxygen atoms in total. The summed E-state index contributed by atoms with van der Waals surface area (Å²) in [5, 5.41) is 3.61. The Labute approximate surface area is 161 Å². The monoisotopic (exact) mass is 378 g/mol. The number of carbonyl (C=O) groups is 1. The standard InChI is InChI=1S/C21H31FN2O3/c1-21(2,3)27-20(25)24-11-4-5-19(24)17-14-26-12-10-18(17)23-13-15-6-8-16(22)9-7-15/h6-9,17-19,23H,4-5,10-14H2,1-3H3/t17-,18+,19+/m0/s1. The Morgan fingerprint density at radius 1 is 1.30 bits per heavy atom. The van der Waals surface area contributed by atoms with Gasteiger partial charge in [0.2, 0.25) is 0 Å².